The van der Waals surface area contributed by atoms with Crippen molar-refractivity contribution in [3.8, 4) is 0 Å². The van der Waals surface area contributed by atoms with E-state index in [1.807, 2.05) is 24.3 Å². The van der Waals surface area contributed by atoms with Gasteiger partial charge in [0.2, 0.25) is 0 Å². The van der Waals surface area contributed by atoms with Gasteiger partial charge in [0.25, 0.3) is 0 Å². The SMILES string of the molecule is CCC1COCCN1c1nc(C(=O)O)cc2ccccc12. The average molecular weight is 286 g/mol. The predicted octanol–water partition coefficient (Wildman–Crippen LogP) is 2.55. The fraction of sp³-hybridized carbons (Fsp3) is 0.375. The Morgan fingerprint density at radius 1 is 1.48 bits per heavy atom. The Morgan fingerprint density at radius 3 is 3.05 bits per heavy atom. The predicted molar refractivity (Wildman–Crippen MR) is 80.9 cm³/mol. The van der Waals surface area contributed by atoms with Gasteiger partial charge in [-0.3, -0.25) is 0 Å². The number of hydrogen-bond acceptors (Lipinski definition) is 4. The smallest absolute Gasteiger partial charge is 0.354 e. The number of hydrogen-bond donors (Lipinski definition) is 1. The zero-order chi connectivity index (χ0) is 14.8. The summed E-state index contributed by atoms with van der Waals surface area (Å²) < 4.78 is 5.53. The number of carbonyl (C=O) groups is 1. The molecule has 1 aromatic carbocycles. The maximum Gasteiger partial charge on any atom is 0.354 e. The normalized spacial score (nSPS) is 18.9. The van der Waals surface area contributed by atoms with E-state index in [4.69, 9.17) is 4.74 Å². The Hall–Kier alpha value is -2.14. The molecule has 1 saturated heterocycles. The first-order chi connectivity index (χ1) is 10.2. The second kappa shape index (κ2) is 5.69. The van der Waals surface area contributed by atoms with Crippen molar-refractivity contribution in [3.05, 3.63) is 36.0 Å². The summed E-state index contributed by atoms with van der Waals surface area (Å²) in [5.74, 6) is -0.246. The van der Waals surface area contributed by atoms with Crippen LogP contribution < -0.4 is 4.90 Å². The van der Waals surface area contributed by atoms with Crippen molar-refractivity contribution in [2.75, 3.05) is 24.7 Å². The fourth-order valence-corrected chi connectivity index (χ4v) is 2.78. The molecule has 21 heavy (non-hydrogen) atoms. The van der Waals surface area contributed by atoms with Crippen LogP contribution in [0.15, 0.2) is 30.3 Å². The van der Waals surface area contributed by atoms with Gasteiger partial charge in [-0.25, -0.2) is 9.78 Å². The molecule has 0 aliphatic carbocycles. The lowest BCUT2D eigenvalue weighted by Gasteiger charge is -2.36. The van der Waals surface area contributed by atoms with Crippen molar-refractivity contribution in [2.45, 2.75) is 19.4 Å². The largest absolute Gasteiger partial charge is 0.477 e. The minimum atomic E-state index is -0.997. The maximum absolute atomic E-state index is 11.3. The van der Waals surface area contributed by atoms with Crippen LogP contribution in [0.2, 0.25) is 0 Å². The molecule has 5 heteroatoms. The number of nitrogens with zero attached hydrogens (tertiary/aromatic N) is 2. The van der Waals surface area contributed by atoms with E-state index in [2.05, 4.69) is 16.8 Å². The number of morpholine rings is 1. The van der Waals surface area contributed by atoms with E-state index in [1.54, 1.807) is 6.07 Å². The van der Waals surface area contributed by atoms with Crippen molar-refractivity contribution >= 4 is 22.6 Å². The quantitative estimate of drug-likeness (QED) is 0.939. The van der Waals surface area contributed by atoms with Gasteiger partial charge in [-0.1, -0.05) is 31.2 Å². The number of anilines is 1. The van der Waals surface area contributed by atoms with Crippen LogP contribution in [0.3, 0.4) is 0 Å². The Labute approximate surface area is 123 Å². The van der Waals surface area contributed by atoms with Crippen LogP contribution >= 0.6 is 0 Å². The highest BCUT2D eigenvalue weighted by molar-refractivity contribution is 5.98. The summed E-state index contributed by atoms with van der Waals surface area (Å²) in [5, 5.41) is 11.2. The van der Waals surface area contributed by atoms with E-state index in [9.17, 15) is 9.90 Å². The zero-order valence-electron chi connectivity index (χ0n) is 12.0. The molecular formula is C16H18N2O3. The summed E-state index contributed by atoms with van der Waals surface area (Å²) in [7, 11) is 0. The van der Waals surface area contributed by atoms with Crippen LogP contribution in [0.5, 0.6) is 0 Å². The van der Waals surface area contributed by atoms with E-state index in [0.717, 1.165) is 29.6 Å². The van der Waals surface area contributed by atoms with E-state index >= 15 is 0 Å². The van der Waals surface area contributed by atoms with Gasteiger partial charge in [0.15, 0.2) is 5.69 Å². The molecule has 0 saturated carbocycles. The molecule has 0 spiro atoms. The lowest BCUT2D eigenvalue weighted by atomic mass is 10.1. The number of ether oxygens (including phenoxy) is 1. The fourth-order valence-electron chi connectivity index (χ4n) is 2.78. The third-order valence-corrected chi connectivity index (χ3v) is 3.91. The number of carboxylic acids is 1. The minimum Gasteiger partial charge on any atom is -0.477 e. The van der Waals surface area contributed by atoms with Crippen molar-refractivity contribution in [2.24, 2.45) is 0 Å². The van der Waals surface area contributed by atoms with Gasteiger partial charge in [-0.15, -0.1) is 0 Å². The summed E-state index contributed by atoms with van der Waals surface area (Å²) in [6.07, 6.45) is 0.938. The van der Waals surface area contributed by atoms with Crippen molar-refractivity contribution in [3.63, 3.8) is 0 Å². The Morgan fingerprint density at radius 2 is 2.29 bits per heavy atom. The first-order valence-corrected chi connectivity index (χ1v) is 7.18. The molecule has 1 aliphatic heterocycles. The third-order valence-electron chi connectivity index (χ3n) is 3.91. The molecule has 1 unspecified atom stereocenters. The molecule has 5 nitrogen and oxygen atoms in total. The molecule has 0 bridgehead atoms. The Kier molecular flexibility index (Phi) is 3.75. The number of fused-ring (bicyclic) bond motifs is 1. The Bertz CT molecular complexity index is 672. The van der Waals surface area contributed by atoms with Crippen LogP contribution in [0, 0.1) is 0 Å². The second-order valence-electron chi connectivity index (χ2n) is 5.19. The number of pyridine rings is 1. The van der Waals surface area contributed by atoms with E-state index in [1.165, 1.54) is 0 Å². The maximum atomic E-state index is 11.3. The topological polar surface area (TPSA) is 62.7 Å². The molecule has 1 aromatic heterocycles. The van der Waals surface area contributed by atoms with Gasteiger partial charge in [-0.05, 0) is 17.9 Å². The van der Waals surface area contributed by atoms with Crippen molar-refractivity contribution < 1.29 is 14.6 Å². The Balaban J connectivity index is 2.17. The number of aromatic carboxylic acids is 1. The number of carboxylic acid groups (broad SMARTS) is 1. The molecule has 2 heterocycles. The molecule has 1 N–H and O–H groups in total. The molecule has 3 rings (SSSR count). The molecule has 110 valence electrons. The second-order valence-corrected chi connectivity index (χ2v) is 5.19. The van der Waals surface area contributed by atoms with Gasteiger partial charge in [0.1, 0.15) is 5.82 Å². The van der Waals surface area contributed by atoms with Gasteiger partial charge in [-0.2, -0.15) is 0 Å². The summed E-state index contributed by atoms with van der Waals surface area (Å²) in [6.45, 7) is 4.14. The summed E-state index contributed by atoms with van der Waals surface area (Å²) >= 11 is 0. The van der Waals surface area contributed by atoms with E-state index in [-0.39, 0.29) is 11.7 Å². The van der Waals surface area contributed by atoms with Crippen molar-refractivity contribution in [1.82, 2.24) is 4.98 Å². The minimum absolute atomic E-state index is 0.0880. The molecule has 0 radical (unpaired) electrons. The molecule has 1 atom stereocenters. The molecule has 1 aliphatic rings. The average Bonchev–Trinajstić information content (AvgIpc) is 2.53. The summed E-state index contributed by atoms with van der Waals surface area (Å²) in [5.41, 5.74) is 0.0880. The number of benzene rings is 1. The summed E-state index contributed by atoms with van der Waals surface area (Å²) in [6, 6.07) is 9.64. The van der Waals surface area contributed by atoms with Crippen LogP contribution in [-0.2, 0) is 4.74 Å². The van der Waals surface area contributed by atoms with Gasteiger partial charge in [0.05, 0.1) is 19.3 Å². The first kappa shape index (κ1) is 13.8. The highest BCUT2D eigenvalue weighted by Gasteiger charge is 2.25. The number of aromatic nitrogens is 1. The zero-order valence-corrected chi connectivity index (χ0v) is 12.0. The molecule has 1 fully saturated rings. The number of rotatable bonds is 3. The van der Waals surface area contributed by atoms with Crippen LogP contribution in [0.25, 0.3) is 10.8 Å². The van der Waals surface area contributed by atoms with Crippen molar-refractivity contribution in [1.29, 1.82) is 0 Å². The highest BCUT2D eigenvalue weighted by Crippen LogP contribution is 2.29. The van der Waals surface area contributed by atoms with Gasteiger partial charge >= 0.3 is 5.97 Å². The van der Waals surface area contributed by atoms with Crippen LogP contribution in [0.4, 0.5) is 5.82 Å². The first-order valence-electron chi connectivity index (χ1n) is 7.18. The van der Waals surface area contributed by atoms with E-state index < -0.39 is 5.97 Å². The standard InChI is InChI=1S/C16H18N2O3/c1-2-12-10-21-8-7-18(12)15-13-6-4-3-5-11(13)9-14(17-15)16(19)20/h3-6,9,12H,2,7-8,10H2,1H3,(H,19,20). The molecule has 2 aromatic rings. The lowest BCUT2D eigenvalue weighted by molar-refractivity contribution is 0.0690. The van der Waals surface area contributed by atoms with Crippen LogP contribution in [0.1, 0.15) is 23.8 Å². The van der Waals surface area contributed by atoms with Gasteiger partial charge in [0, 0.05) is 11.9 Å². The molecule has 0 amide bonds. The highest BCUT2D eigenvalue weighted by atomic mass is 16.5. The monoisotopic (exact) mass is 286 g/mol. The van der Waals surface area contributed by atoms with E-state index in [0.29, 0.717) is 13.2 Å². The van der Waals surface area contributed by atoms with Gasteiger partial charge < -0.3 is 14.7 Å². The lowest BCUT2D eigenvalue weighted by Crippen LogP contribution is -2.45. The summed E-state index contributed by atoms with van der Waals surface area (Å²) in [4.78, 5) is 17.9. The third kappa shape index (κ3) is 2.56. The molecular weight excluding hydrogens is 268 g/mol. The van der Waals surface area contributed by atoms with Crippen LogP contribution in [-0.4, -0.2) is 41.9 Å².